The zero-order chi connectivity index (χ0) is 17.6. The quantitative estimate of drug-likeness (QED) is 0.812. The smallest absolute Gasteiger partial charge is 0.138 e. The summed E-state index contributed by atoms with van der Waals surface area (Å²) in [6.45, 7) is 6.65. The maximum atomic E-state index is 7.24. The van der Waals surface area contributed by atoms with Gasteiger partial charge in [-0.1, -0.05) is 25.4 Å². The molecule has 1 aliphatic heterocycles. The van der Waals surface area contributed by atoms with Gasteiger partial charge in [-0.15, -0.1) is 0 Å². The molecule has 0 N–H and O–H groups in total. The Balaban J connectivity index is 1.96. The van der Waals surface area contributed by atoms with Crippen LogP contribution in [0.2, 0.25) is 5.15 Å². The van der Waals surface area contributed by atoms with E-state index in [-0.39, 0.29) is 12.1 Å². The van der Waals surface area contributed by atoms with Crippen molar-refractivity contribution in [2.75, 3.05) is 18.5 Å². The van der Waals surface area contributed by atoms with Crippen LogP contribution >= 0.6 is 11.6 Å². The second-order valence-corrected chi connectivity index (χ2v) is 6.18. The van der Waals surface area contributed by atoms with Crippen LogP contribution in [0.25, 0.3) is 10.8 Å². The molecule has 0 spiro atoms. The molecule has 112 valence electrons. The van der Waals surface area contributed by atoms with E-state index in [2.05, 4.69) is 23.8 Å². The first-order valence-electron chi connectivity index (χ1n) is 8.56. The molecule has 2 atom stereocenters. The number of ether oxygens (including phenoxy) is 1. The third kappa shape index (κ3) is 2.36. The first kappa shape index (κ1) is 11.2. The number of methoxy groups -OCH3 is 1. The molecule has 0 unspecified atom stereocenters. The minimum Gasteiger partial charge on any atom is -0.377 e. The van der Waals surface area contributed by atoms with Gasteiger partial charge in [0.05, 0.1) is 16.3 Å². The Morgan fingerprint density at radius 2 is 2.19 bits per heavy atom. The molecule has 0 bridgehead atoms. The van der Waals surface area contributed by atoms with Crippen LogP contribution in [0.3, 0.4) is 0 Å². The van der Waals surface area contributed by atoms with E-state index in [1.165, 1.54) is 0 Å². The second-order valence-electron chi connectivity index (χ2n) is 5.79. The Morgan fingerprint density at radius 1 is 1.38 bits per heavy atom. The molecule has 3 rings (SSSR count). The Morgan fingerprint density at radius 3 is 2.86 bits per heavy atom. The van der Waals surface area contributed by atoms with Gasteiger partial charge in [0, 0.05) is 31.4 Å². The zero-order valence-corrected chi connectivity index (χ0v) is 13.1. The predicted molar refractivity (Wildman–Crippen MR) is 86.2 cm³/mol. The molecular formula is C16H20ClN3O. The molecule has 3 heterocycles. The lowest BCUT2D eigenvalue weighted by Gasteiger charge is -2.46. The van der Waals surface area contributed by atoms with Gasteiger partial charge in [0.1, 0.15) is 11.0 Å². The van der Waals surface area contributed by atoms with Gasteiger partial charge in [0.15, 0.2) is 0 Å². The van der Waals surface area contributed by atoms with E-state index >= 15 is 0 Å². The highest BCUT2D eigenvalue weighted by Gasteiger charge is 2.37. The van der Waals surface area contributed by atoms with Crippen LogP contribution in [-0.2, 0) is 4.74 Å². The SMILES string of the molecule is [2H]C([2H])([2H])O[C@H]1CN(c2ncc(C(C)C)c3cc(Cl)ncc23)[C@@H]1C. The van der Waals surface area contributed by atoms with Crippen LogP contribution in [0.1, 0.15) is 36.4 Å². The average molecular weight is 309 g/mol. The first-order chi connectivity index (χ1) is 11.2. The molecule has 2 aromatic rings. The van der Waals surface area contributed by atoms with Gasteiger partial charge in [-0.2, -0.15) is 0 Å². The summed E-state index contributed by atoms with van der Waals surface area (Å²) in [5, 5.41) is 2.40. The number of fused-ring (bicyclic) bond motifs is 1. The molecule has 0 radical (unpaired) electrons. The van der Waals surface area contributed by atoms with E-state index in [9.17, 15) is 0 Å². The number of hydrogen-bond donors (Lipinski definition) is 0. The molecule has 0 aromatic carbocycles. The summed E-state index contributed by atoms with van der Waals surface area (Å²) >= 11 is 6.07. The van der Waals surface area contributed by atoms with Crippen molar-refractivity contribution in [2.24, 2.45) is 0 Å². The van der Waals surface area contributed by atoms with E-state index in [0.29, 0.717) is 17.6 Å². The standard InChI is InChI=1S/C16H20ClN3O/c1-9(2)12-6-19-16(20-8-14(21-4)10(20)3)13-7-18-15(17)5-11(12)13/h5-7,9-10,14H,8H2,1-4H3/t10-,14+/m1/s1/i4D3. The van der Waals surface area contributed by atoms with Gasteiger partial charge in [0.2, 0.25) is 0 Å². The molecule has 0 amide bonds. The Hall–Kier alpha value is -1.39. The number of anilines is 1. The topological polar surface area (TPSA) is 38.2 Å². The van der Waals surface area contributed by atoms with Crippen LogP contribution in [0.5, 0.6) is 0 Å². The second kappa shape index (κ2) is 5.43. The van der Waals surface area contributed by atoms with Crippen LogP contribution in [0.4, 0.5) is 5.82 Å². The maximum absolute atomic E-state index is 7.24. The van der Waals surface area contributed by atoms with E-state index < -0.39 is 7.04 Å². The molecule has 0 aliphatic carbocycles. The van der Waals surface area contributed by atoms with Crippen molar-refractivity contribution in [1.29, 1.82) is 0 Å². The minimum atomic E-state index is -2.38. The predicted octanol–water partition coefficient (Wildman–Crippen LogP) is 3.63. The fourth-order valence-corrected chi connectivity index (χ4v) is 2.95. The van der Waals surface area contributed by atoms with Gasteiger partial charge in [-0.25, -0.2) is 9.97 Å². The number of pyridine rings is 2. The van der Waals surface area contributed by atoms with E-state index in [1.807, 2.05) is 24.1 Å². The van der Waals surface area contributed by atoms with Crippen molar-refractivity contribution in [3.8, 4) is 0 Å². The molecule has 0 saturated carbocycles. The summed E-state index contributed by atoms with van der Waals surface area (Å²) in [5.41, 5.74) is 1.11. The minimum absolute atomic E-state index is 0.0679. The molecule has 1 fully saturated rings. The normalized spacial score (nSPS) is 24.6. The molecular weight excluding hydrogens is 286 g/mol. The van der Waals surface area contributed by atoms with Crippen LogP contribution in [0.15, 0.2) is 18.5 Å². The van der Waals surface area contributed by atoms with Crippen LogP contribution in [0, 0.1) is 0 Å². The summed E-state index contributed by atoms with van der Waals surface area (Å²) in [6.07, 6.45) is 3.26. The van der Waals surface area contributed by atoms with Crippen molar-refractivity contribution in [3.63, 3.8) is 0 Å². The molecule has 5 heteroatoms. The number of aromatic nitrogens is 2. The zero-order valence-electron chi connectivity index (χ0n) is 15.3. The highest BCUT2D eigenvalue weighted by Crippen LogP contribution is 2.35. The fourth-order valence-electron chi connectivity index (χ4n) is 2.80. The Kier molecular flexibility index (Phi) is 2.90. The lowest BCUT2D eigenvalue weighted by atomic mass is 9.96. The molecule has 4 nitrogen and oxygen atoms in total. The number of halogens is 1. The number of hydrogen-bond acceptors (Lipinski definition) is 4. The summed E-state index contributed by atoms with van der Waals surface area (Å²) in [5.74, 6) is 1.10. The van der Waals surface area contributed by atoms with Gasteiger partial charge in [-0.3, -0.25) is 0 Å². The summed E-state index contributed by atoms with van der Waals surface area (Å²) in [6, 6.07) is 1.79. The largest absolute Gasteiger partial charge is 0.377 e. The van der Waals surface area contributed by atoms with Gasteiger partial charge in [0.25, 0.3) is 0 Å². The average Bonchev–Trinajstić information content (AvgIpc) is 2.48. The van der Waals surface area contributed by atoms with Gasteiger partial charge < -0.3 is 9.64 Å². The molecule has 1 aliphatic rings. The maximum Gasteiger partial charge on any atom is 0.138 e. The van der Waals surface area contributed by atoms with Crippen molar-refractivity contribution in [2.45, 2.75) is 38.8 Å². The Labute approximate surface area is 134 Å². The van der Waals surface area contributed by atoms with Crippen molar-refractivity contribution in [1.82, 2.24) is 9.97 Å². The molecule has 2 aromatic heterocycles. The van der Waals surface area contributed by atoms with E-state index in [1.54, 1.807) is 6.20 Å². The van der Waals surface area contributed by atoms with Gasteiger partial charge >= 0.3 is 0 Å². The Bertz CT molecular complexity index is 766. The first-order valence-corrected chi connectivity index (χ1v) is 7.44. The van der Waals surface area contributed by atoms with Gasteiger partial charge in [-0.05, 0) is 29.9 Å². The van der Waals surface area contributed by atoms with Crippen molar-refractivity contribution < 1.29 is 8.85 Å². The fraction of sp³-hybridized carbons (Fsp3) is 0.500. The van der Waals surface area contributed by atoms with E-state index in [4.69, 9.17) is 20.5 Å². The van der Waals surface area contributed by atoms with Crippen LogP contribution in [-0.4, -0.2) is 35.7 Å². The lowest BCUT2D eigenvalue weighted by Crippen LogP contribution is -2.59. The monoisotopic (exact) mass is 308 g/mol. The van der Waals surface area contributed by atoms with Crippen molar-refractivity contribution in [3.05, 3.63) is 29.2 Å². The number of nitrogens with zero attached hydrogens (tertiary/aromatic N) is 3. The third-order valence-electron chi connectivity index (χ3n) is 4.20. The number of rotatable bonds is 3. The lowest BCUT2D eigenvalue weighted by molar-refractivity contribution is 0.0456. The summed E-state index contributed by atoms with van der Waals surface area (Å²) < 4.78 is 26.9. The van der Waals surface area contributed by atoms with Crippen molar-refractivity contribution >= 4 is 28.2 Å². The van der Waals surface area contributed by atoms with Crippen LogP contribution < -0.4 is 4.90 Å². The summed E-state index contributed by atoms with van der Waals surface area (Å²) in [7, 11) is -2.38. The summed E-state index contributed by atoms with van der Waals surface area (Å²) in [4.78, 5) is 10.8. The molecule has 21 heavy (non-hydrogen) atoms. The third-order valence-corrected chi connectivity index (χ3v) is 4.41. The van der Waals surface area contributed by atoms with E-state index in [0.717, 1.165) is 22.2 Å². The highest BCUT2D eigenvalue weighted by molar-refractivity contribution is 6.30. The molecule has 1 saturated heterocycles. The highest BCUT2D eigenvalue weighted by atomic mass is 35.5.